The molecular formula is C23H27B7N4O4S2. The van der Waals surface area contributed by atoms with Gasteiger partial charge in [-0.1, -0.05) is 51.8 Å². The van der Waals surface area contributed by atoms with E-state index in [1.807, 2.05) is 53.9 Å². The Morgan fingerprint density at radius 3 is 2.27 bits per heavy atom. The van der Waals surface area contributed by atoms with Crippen LogP contribution in [0.2, 0.25) is 0 Å². The summed E-state index contributed by atoms with van der Waals surface area (Å²) in [5.74, 6) is -0.557. The molecule has 0 aliphatic heterocycles. The second-order valence-corrected chi connectivity index (χ2v) is 13.2. The third-order valence-electron chi connectivity index (χ3n) is 6.99. The number of aromatic nitrogens is 2. The van der Waals surface area contributed by atoms with Crippen LogP contribution in [0.1, 0.15) is 16.1 Å². The standard InChI is InChI=1S/C23H27B7N4O4S2/c1-38-21-13(40(36,37)34-19-14(23(28,29)30)15(24)16(25)17(26)18(19)27)7-11(8-31-21)32-20(35)12-9-39-22(33-12)10-5-3-2-4-6-10/h2-9,34H,24-30H2,1H3,(H,32,35). The molecule has 2 heterocycles. The van der Waals surface area contributed by atoms with Crippen molar-refractivity contribution < 1.29 is 17.9 Å². The maximum Gasteiger partial charge on any atom is 0.275 e. The lowest BCUT2D eigenvalue weighted by Gasteiger charge is -2.31. The number of methoxy groups -OCH3 is 1. The van der Waals surface area contributed by atoms with E-state index >= 15 is 0 Å². The van der Waals surface area contributed by atoms with Crippen LogP contribution in [0.4, 0.5) is 11.4 Å². The zero-order valence-corrected chi connectivity index (χ0v) is 25.6. The van der Waals surface area contributed by atoms with Gasteiger partial charge >= 0.3 is 0 Å². The van der Waals surface area contributed by atoms with Gasteiger partial charge in [-0.3, -0.25) is 9.52 Å². The number of sulfonamides is 1. The minimum absolute atomic E-state index is 0.0824. The van der Waals surface area contributed by atoms with E-state index in [-0.39, 0.29) is 27.3 Å². The molecule has 0 unspecified atom stereocenters. The molecule has 0 atom stereocenters. The first kappa shape index (κ1) is 29.7. The van der Waals surface area contributed by atoms with Crippen molar-refractivity contribution in [3.05, 3.63) is 59.2 Å². The van der Waals surface area contributed by atoms with Gasteiger partial charge < -0.3 is 10.1 Å². The van der Waals surface area contributed by atoms with Gasteiger partial charge in [0.05, 0.1) is 42.5 Å². The minimum Gasteiger partial charge on any atom is -0.480 e. The Morgan fingerprint density at radius 1 is 1.00 bits per heavy atom. The van der Waals surface area contributed by atoms with Crippen LogP contribution >= 0.6 is 11.3 Å². The number of carbonyl (C=O) groups excluding carboxylic acids is 1. The molecule has 0 radical (unpaired) electrons. The van der Waals surface area contributed by atoms with Crippen molar-refractivity contribution in [1.29, 1.82) is 0 Å². The average molecular weight is 563 g/mol. The molecule has 0 aliphatic carbocycles. The van der Waals surface area contributed by atoms with E-state index in [1.54, 1.807) is 5.38 Å². The van der Waals surface area contributed by atoms with Crippen LogP contribution in [0.15, 0.2) is 52.9 Å². The van der Waals surface area contributed by atoms with Crippen molar-refractivity contribution in [3.8, 4) is 16.5 Å². The van der Waals surface area contributed by atoms with Crippen LogP contribution in [-0.2, 0) is 15.1 Å². The third kappa shape index (κ3) is 5.90. The number of anilines is 2. The normalized spacial score (nSPS) is 11.6. The quantitative estimate of drug-likeness (QED) is 0.207. The summed E-state index contributed by atoms with van der Waals surface area (Å²) in [4.78, 5) is 21.4. The number of hydrogen-bond acceptors (Lipinski definition) is 7. The molecule has 0 aliphatic rings. The molecule has 40 heavy (non-hydrogen) atoms. The van der Waals surface area contributed by atoms with E-state index in [2.05, 4.69) is 51.4 Å². The van der Waals surface area contributed by atoms with Crippen molar-refractivity contribution in [1.82, 2.24) is 9.97 Å². The molecule has 1 amide bonds. The Bertz CT molecular complexity index is 1710. The molecule has 0 spiro atoms. The predicted octanol–water partition coefficient (Wildman–Crippen LogP) is -5.69. The summed E-state index contributed by atoms with van der Waals surface area (Å²) < 4.78 is 35.8. The first-order valence-corrected chi connectivity index (χ1v) is 15.1. The summed E-state index contributed by atoms with van der Waals surface area (Å²) >= 11 is 1.35. The lowest BCUT2D eigenvalue weighted by atomic mass is 9.38. The van der Waals surface area contributed by atoms with E-state index in [0.717, 1.165) is 33.0 Å². The number of nitrogens with one attached hydrogen (secondary N) is 2. The van der Waals surface area contributed by atoms with E-state index in [4.69, 9.17) is 4.74 Å². The number of thiazole rings is 1. The number of hydrogen-bond donors (Lipinski definition) is 2. The molecule has 2 N–H and O–H groups in total. The van der Waals surface area contributed by atoms with Crippen molar-refractivity contribution in [2.24, 2.45) is 0 Å². The second kappa shape index (κ2) is 11.3. The molecule has 196 valence electrons. The van der Waals surface area contributed by atoms with Crippen molar-refractivity contribution in [2.75, 3.05) is 17.1 Å². The Morgan fingerprint density at radius 2 is 1.65 bits per heavy atom. The number of pyridine rings is 1. The van der Waals surface area contributed by atoms with Crippen LogP contribution in [0.5, 0.6) is 5.88 Å². The summed E-state index contributed by atoms with van der Waals surface area (Å²) in [6, 6.07) is 10.9. The second-order valence-electron chi connectivity index (χ2n) is 10.7. The van der Waals surface area contributed by atoms with Gasteiger partial charge in [0.15, 0.2) is 4.90 Å². The summed E-state index contributed by atoms with van der Waals surface area (Å²) in [5.41, 5.74) is 6.83. The molecule has 8 nitrogen and oxygen atoms in total. The van der Waals surface area contributed by atoms with Crippen molar-refractivity contribution >= 4 is 115 Å². The van der Waals surface area contributed by atoms with Crippen LogP contribution in [0.3, 0.4) is 0 Å². The molecule has 2 aromatic carbocycles. The first-order valence-electron chi connectivity index (χ1n) is 12.7. The highest BCUT2D eigenvalue weighted by Gasteiger charge is 2.29. The number of amides is 1. The third-order valence-corrected chi connectivity index (χ3v) is 9.23. The fourth-order valence-electron chi connectivity index (χ4n) is 4.70. The molecule has 0 fully saturated rings. The summed E-state index contributed by atoms with van der Waals surface area (Å²) in [6.45, 7) is 0. The number of benzene rings is 2. The van der Waals surface area contributed by atoms with E-state index in [0.29, 0.717) is 10.7 Å². The van der Waals surface area contributed by atoms with Gasteiger partial charge in [0.2, 0.25) is 5.88 Å². The maximum atomic E-state index is 13.8. The fourth-order valence-corrected chi connectivity index (χ4v) is 6.79. The Labute approximate surface area is 245 Å². The lowest BCUT2D eigenvalue weighted by Crippen LogP contribution is -2.53. The highest BCUT2D eigenvalue weighted by molar-refractivity contribution is 7.92. The van der Waals surface area contributed by atoms with Gasteiger partial charge in [-0.25, -0.2) is 18.4 Å². The Hall–Kier alpha value is -3.31. The zero-order valence-electron chi connectivity index (χ0n) is 24.0. The predicted molar refractivity (Wildman–Crippen MR) is 184 cm³/mol. The largest absolute Gasteiger partial charge is 0.480 e. The Balaban J connectivity index is 1.69. The first-order chi connectivity index (χ1) is 18.7. The zero-order chi connectivity index (χ0) is 29.4. The molecule has 0 saturated heterocycles. The number of nitrogens with zero attached hydrogens (tertiary/aromatic N) is 2. The number of ether oxygens (including phenoxy) is 1. The van der Waals surface area contributed by atoms with Gasteiger partial charge in [0.25, 0.3) is 15.9 Å². The number of rotatable bonds is 8. The number of carbonyl (C=O) groups is 1. The van der Waals surface area contributed by atoms with E-state index < -0.39 is 15.9 Å². The molecule has 0 bridgehead atoms. The molecule has 2 aromatic heterocycles. The highest BCUT2D eigenvalue weighted by atomic mass is 32.2. The topological polar surface area (TPSA) is 110 Å². The van der Waals surface area contributed by atoms with Crippen molar-refractivity contribution in [3.63, 3.8) is 0 Å². The summed E-state index contributed by atoms with van der Waals surface area (Å²) in [7, 11) is 11.3. The molecular weight excluding hydrogens is 536 g/mol. The van der Waals surface area contributed by atoms with Gasteiger partial charge in [-0.15, -0.1) is 16.8 Å². The highest BCUT2D eigenvalue weighted by Crippen LogP contribution is 2.29. The molecule has 4 aromatic rings. The van der Waals surface area contributed by atoms with Crippen LogP contribution in [-0.4, -0.2) is 86.3 Å². The molecule has 4 rings (SSSR count). The summed E-state index contributed by atoms with van der Waals surface area (Å²) in [6.07, 6.45) is 1.35. The van der Waals surface area contributed by atoms with Gasteiger partial charge in [-0.2, -0.15) is 0 Å². The molecule has 17 heteroatoms. The SMILES string of the molecule is Bc1c(B)c(B)c(C(B)(B)B)c(NS(=O)(=O)c2cc(NC(=O)c3csc(-c4ccccc4)n3)cnc2OC)c1B. The maximum absolute atomic E-state index is 13.8. The Kier molecular flexibility index (Phi) is 8.37. The molecule has 0 saturated carbocycles. The smallest absolute Gasteiger partial charge is 0.275 e. The van der Waals surface area contributed by atoms with Gasteiger partial charge in [0.1, 0.15) is 42.1 Å². The van der Waals surface area contributed by atoms with E-state index in [1.165, 1.54) is 30.7 Å². The monoisotopic (exact) mass is 564 g/mol. The summed E-state index contributed by atoms with van der Waals surface area (Å²) in [5, 5.41) is 4.76. The van der Waals surface area contributed by atoms with Crippen LogP contribution in [0, 0.1) is 0 Å². The average Bonchev–Trinajstić information content (AvgIpc) is 3.41. The van der Waals surface area contributed by atoms with Gasteiger partial charge in [-0.05, 0) is 11.6 Å². The lowest BCUT2D eigenvalue weighted by molar-refractivity contribution is 0.102. The van der Waals surface area contributed by atoms with Crippen LogP contribution in [0.25, 0.3) is 10.6 Å². The minimum atomic E-state index is -4.16. The van der Waals surface area contributed by atoms with Crippen LogP contribution < -0.4 is 36.6 Å². The fraction of sp³-hybridized carbons (Fsp3) is 0.0870. The van der Waals surface area contributed by atoms with Crippen molar-refractivity contribution in [2.45, 2.75) is 10.0 Å². The van der Waals surface area contributed by atoms with Gasteiger partial charge in [0, 0.05) is 16.6 Å². The van der Waals surface area contributed by atoms with E-state index in [9.17, 15) is 13.2 Å².